The third-order valence-electron chi connectivity index (χ3n) is 3.88. The lowest BCUT2D eigenvalue weighted by molar-refractivity contribution is 0.00354. The fourth-order valence-electron chi connectivity index (χ4n) is 2.30. The summed E-state index contributed by atoms with van der Waals surface area (Å²) in [6, 6.07) is 7.44. The summed E-state index contributed by atoms with van der Waals surface area (Å²) in [4.78, 5) is 11.6. The number of rotatable bonds is 6. The van der Waals surface area contributed by atoms with Crippen LogP contribution in [0.2, 0.25) is 0 Å². The highest BCUT2D eigenvalue weighted by Gasteiger charge is 2.32. The van der Waals surface area contributed by atoms with Crippen LogP contribution < -0.4 is 4.74 Å². The van der Waals surface area contributed by atoms with Crippen LogP contribution in [0.15, 0.2) is 24.3 Å². The second kappa shape index (κ2) is 7.23. The van der Waals surface area contributed by atoms with E-state index in [9.17, 15) is 4.79 Å². The van der Waals surface area contributed by atoms with Gasteiger partial charge >= 0.3 is 0 Å². The number of ether oxygens (including phenoxy) is 2. The topological polar surface area (TPSA) is 35.5 Å². The predicted molar refractivity (Wildman–Crippen MR) is 82.8 cm³/mol. The molecule has 20 heavy (non-hydrogen) atoms. The zero-order valence-corrected chi connectivity index (χ0v) is 13.4. The Balaban J connectivity index is 1.94. The average molecular weight is 341 g/mol. The van der Waals surface area contributed by atoms with Crippen LogP contribution in [0.25, 0.3) is 0 Å². The van der Waals surface area contributed by atoms with E-state index in [-0.39, 0.29) is 11.2 Å². The van der Waals surface area contributed by atoms with E-state index in [1.54, 1.807) is 0 Å². The Morgan fingerprint density at radius 1 is 1.30 bits per heavy atom. The summed E-state index contributed by atoms with van der Waals surface area (Å²) in [5.74, 6) is 0.988. The lowest BCUT2D eigenvalue weighted by Crippen LogP contribution is -2.36. The molecule has 1 saturated heterocycles. The summed E-state index contributed by atoms with van der Waals surface area (Å²) >= 11 is 3.60. The number of carbonyl (C=O) groups excluding carboxylic acids is 1. The van der Waals surface area contributed by atoms with Gasteiger partial charge in [0, 0.05) is 35.9 Å². The smallest absolute Gasteiger partial charge is 0.162 e. The first-order valence-corrected chi connectivity index (χ1v) is 8.21. The van der Waals surface area contributed by atoms with Crippen molar-refractivity contribution in [2.45, 2.75) is 26.2 Å². The summed E-state index contributed by atoms with van der Waals surface area (Å²) in [5, 5.41) is 0.926. The Kier molecular flexibility index (Phi) is 5.61. The van der Waals surface area contributed by atoms with Gasteiger partial charge in [0.1, 0.15) is 5.75 Å². The zero-order valence-electron chi connectivity index (χ0n) is 11.9. The van der Waals surface area contributed by atoms with Crippen molar-refractivity contribution in [3.63, 3.8) is 0 Å². The molecule has 0 radical (unpaired) electrons. The molecule has 1 aliphatic rings. The largest absolute Gasteiger partial charge is 0.493 e. The van der Waals surface area contributed by atoms with Crippen molar-refractivity contribution in [1.29, 1.82) is 0 Å². The molecule has 0 aromatic heterocycles. The van der Waals surface area contributed by atoms with Gasteiger partial charge in [-0.1, -0.05) is 22.9 Å². The minimum absolute atomic E-state index is 0.163. The van der Waals surface area contributed by atoms with Crippen LogP contribution in [-0.2, 0) is 4.74 Å². The maximum absolute atomic E-state index is 11.6. The van der Waals surface area contributed by atoms with Crippen LogP contribution in [0.4, 0.5) is 0 Å². The molecule has 0 bridgehead atoms. The van der Waals surface area contributed by atoms with E-state index in [1.165, 1.54) is 0 Å². The highest BCUT2D eigenvalue weighted by atomic mass is 79.9. The lowest BCUT2D eigenvalue weighted by Gasteiger charge is -2.35. The van der Waals surface area contributed by atoms with Gasteiger partial charge in [0.05, 0.1) is 6.61 Å². The maximum Gasteiger partial charge on any atom is 0.162 e. The standard InChI is InChI=1S/C16H21BrO3/c1-2-15(18)13-3-5-14(6-4-13)20-12-16(11-17)7-9-19-10-8-16/h3-6H,2,7-12H2,1H3. The Morgan fingerprint density at radius 3 is 2.50 bits per heavy atom. The number of ketones is 1. The van der Waals surface area contributed by atoms with Crippen molar-refractivity contribution in [3.05, 3.63) is 29.8 Å². The maximum atomic E-state index is 11.6. The van der Waals surface area contributed by atoms with E-state index in [0.717, 1.165) is 42.7 Å². The molecule has 1 aromatic rings. The first-order valence-electron chi connectivity index (χ1n) is 7.09. The molecule has 1 heterocycles. The second-order valence-electron chi connectivity index (χ2n) is 5.34. The van der Waals surface area contributed by atoms with Crippen LogP contribution in [0.3, 0.4) is 0 Å². The molecule has 0 aliphatic carbocycles. The van der Waals surface area contributed by atoms with Crippen LogP contribution in [-0.4, -0.2) is 30.9 Å². The number of alkyl halides is 1. The average Bonchev–Trinajstić information content (AvgIpc) is 2.53. The second-order valence-corrected chi connectivity index (χ2v) is 5.90. The fourth-order valence-corrected chi connectivity index (χ4v) is 3.02. The van der Waals surface area contributed by atoms with E-state index in [1.807, 2.05) is 31.2 Å². The Morgan fingerprint density at radius 2 is 1.95 bits per heavy atom. The number of hydrogen-bond acceptors (Lipinski definition) is 3. The van der Waals surface area contributed by atoms with Crippen LogP contribution in [0, 0.1) is 5.41 Å². The molecule has 0 atom stereocenters. The number of carbonyl (C=O) groups is 1. The van der Waals surface area contributed by atoms with Crippen molar-refractivity contribution in [2.24, 2.45) is 5.41 Å². The van der Waals surface area contributed by atoms with Gasteiger partial charge in [-0.2, -0.15) is 0 Å². The first kappa shape index (κ1) is 15.5. The molecular weight excluding hydrogens is 320 g/mol. The Hall–Kier alpha value is -0.870. The zero-order chi connectivity index (χ0) is 14.4. The molecular formula is C16H21BrO3. The molecule has 0 spiro atoms. The summed E-state index contributed by atoms with van der Waals surface area (Å²) < 4.78 is 11.3. The summed E-state index contributed by atoms with van der Waals surface area (Å²) in [6.45, 7) is 4.16. The number of Topliss-reactive ketones (excluding diaryl/α,β-unsaturated/α-hetero) is 1. The van der Waals surface area contributed by atoms with Crippen LogP contribution in [0.1, 0.15) is 36.5 Å². The number of halogens is 1. The Labute approximate surface area is 128 Å². The SMILES string of the molecule is CCC(=O)c1ccc(OCC2(CBr)CCOCC2)cc1. The van der Waals surface area contributed by atoms with E-state index >= 15 is 0 Å². The van der Waals surface area contributed by atoms with Gasteiger partial charge in [-0.05, 0) is 37.1 Å². The molecule has 3 nitrogen and oxygen atoms in total. The Bertz CT molecular complexity index is 436. The van der Waals surface area contributed by atoms with Crippen molar-refractivity contribution in [2.75, 3.05) is 25.2 Å². The molecule has 0 saturated carbocycles. The number of benzene rings is 1. The van der Waals surface area contributed by atoms with E-state index in [0.29, 0.717) is 13.0 Å². The lowest BCUT2D eigenvalue weighted by atomic mass is 9.83. The monoisotopic (exact) mass is 340 g/mol. The van der Waals surface area contributed by atoms with Crippen molar-refractivity contribution in [3.8, 4) is 5.75 Å². The molecule has 0 unspecified atom stereocenters. The van der Waals surface area contributed by atoms with Crippen molar-refractivity contribution in [1.82, 2.24) is 0 Å². The van der Waals surface area contributed by atoms with Crippen LogP contribution >= 0.6 is 15.9 Å². The highest BCUT2D eigenvalue weighted by Crippen LogP contribution is 2.33. The van der Waals surface area contributed by atoms with Gasteiger partial charge in [0.15, 0.2) is 5.78 Å². The molecule has 1 aromatic carbocycles. The van der Waals surface area contributed by atoms with Crippen molar-refractivity contribution < 1.29 is 14.3 Å². The van der Waals surface area contributed by atoms with E-state index < -0.39 is 0 Å². The first-order chi connectivity index (χ1) is 9.69. The molecule has 1 aliphatic heterocycles. The third-order valence-corrected chi connectivity index (χ3v) is 5.07. The van der Waals surface area contributed by atoms with E-state index in [2.05, 4.69) is 15.9 Å². The summed E-state index contributed by atoms with van der Waals surface area (Å²) in [6.07, 6.45) is 2.57. The highest BCUT2D eigenvalue weighted by molar-refractivity contribution is 9.09. The predicted octanol–water partition coefficient (Wildman–Crippen LogP) is 3.85. The van der Waals surface area contributed by atoms with Gasteiger partial charge in [0.2, 0.25) is 0 Å². The van der Waals surface area contributed by atoms with Crippen molar-refractivity contribution >= 4 is 21.7 Å². The minimum Gasteiger partial charge on any atom is -0.493 e. The fraction of sp³-hybridized carbons (Fsp3) is 0.562. The number of hydrogen-bond donors (Lipinski definition) is 0. The third kappa shape index (κ3) is 3.83. The van der Waals surface area contributed by atoms with Crippen LogP contribution in [0.5, 0.6) is 5.75 Å². The van der Waals surface area contributed by atoms with E-state index in [4.69, 9.17) is 9.47 Å². The molecule has 0 amide bonds. The van der Waals surface area contributed by atoms with Gasteiger partial charge in [-0.3, -0.25) is 4.79 Å². The summed E-state index contributed by atoms with van der Waals surface area (Å²) in [7, 11) is 0. The van der Waals surface area contributed by atoms with Gasteiger partial charge < -0.3 is 9.47 Å². The molecule has 2 rings (SSSR count). The molecule has 1 fully saturated rings. The summed E-state index contributed by atoms with van der Waals surface area (Å²) in [5.41, 5.74) is 0.914. The van der Waals surface area contributed by atoms with Gasteiger partial charge in [-0.25, -0.2) is 0 Å². The minimum atomic E-state index is 0.163. The molecule has 4 heteroatoms. The molecule has 110 valence electrons. The quantitative estimate of drug-likeness (QED) is 0.582. The molecule has 0 N–H and O–H groups in total. The normalized spacial score (nSPS) is 17.7. The van der Waals surface area contributed by atoms with Gasteiger partial charge in [0.25, 0.3) is 0 Å². The van der Waals surface area contributed by atoms with Gasteiger partial charge in [-0.15, -0.1) is 0 Å².